The van der Waals surface area contributed by atoms with Crippen LogP contribution < -0.4 is 10.1 Å². The number of nitrogens with one attached hydrogen (secondary N) is 1. The molecule has 1 fully saturated rings. The van der Waals surface area contributed by atoms with Crippen molar-refractivity contribution in [1.82, 2.24) is 4.90 Å². The van der Waals surface area contributed by atoms with E-state index in [1.165, 1.54) is 12.1 Å². The Hall–Kier alpha value is -3.42. The molecule has 3 aromatic carbocycles. The number of carbonyl (C=O) groups is 2. The number of hydrogen-bond acceptors (Lipinski definition) is 4. The van der Waals surface area contributed by atoms with Gasteiger partial charge in [-0.1, -0.05) is 29.8 Å². The van der Waals surface area contributed by atoms with Crippen molar-refractivity contribution < 1.29 is 23.8 Å². The lowest BCUT2D eigenvalue weighted by Crippen LogP contribution is -2.37. The zero-order valence-corrected chi connectivity index (χ0v) is 21.2. The van der Waals surface area contributed by atoms with Crippen LogP contribution in [0.2, 0.25) is 5.02 Å². The van der Waals surface area contributed by atoms with E-state index in [1.54, 1.807) is 30.3 Å². The maximum atomic E-state index is 13.9. The molecule has 0 aromatic heterocycles. The molecule has 0 spiro atoms. The van der Waals surface area contributed by atoms with Gasteiger partial charge in [0, 0.05) is 48.0 Å². The molecule has 1 aliphatic rings. The average Bonchev–Trinajstić information content (AvgIpc) is 2.91. The molecule has 37 heavy (non-hydrogen) atoms. The number of nitrogens with zero attached hydrogens (tertiary/aromatic N) is 1. The first-order chi connectivity index (χ1) is 17.9. The summed E-state index contributed by atoms with van der Waals surface area (Å²) in [5.74, 6) is 0.181. The summed E-state index contributed by atoms with van der Waals surface area (Å²) in [6.07, 6.45) is 2.13. The number of carbonyl (C=O) groups excluding carboxylic acids is 2. The van der Waals surface area contributed by atoms with Crippen molar-refractivity contribution in [2.75, 3.05) is 31.6 Å². The molecule has 4 rings (SSSR count). The molecular formula is C29H30ClFN2O4. The van der Waals surface area contributed by atoms with Crippen LogP contribution in [0.15, 0.2) is 66.7 Å². The van der Waals surface area contributed by atoms with Gasteiger partial charge < -0.3 is 20.1 Å². The van der Waals surface area contributed by atoms with Crippen molar-refractivity contribution in [1.29, 1.82) is 0 Å². The maximum absolute atomic E-state index is 13.9. The molecule has 0 unspecified atom stereocenters. The topological polar surface area (TPSA) is 78.9 Å². The number of likely N-dealkylation sites (tertiary alicyclic amines) is 1. The number of ether oxygens (including phenoxy) is 1. The van der Waals surface area contributed by atoms with Crippen LogP contribution in [0.1, 0.15) is 46.7 Å². The van der Waals surface area contributed by atoms with Gasteiger partial charge in [-0.15, -0.1) is 0 Å². The van der Waals surface area contributed by atoms with Crippen molar-refractivity contribution in [3.8, 4) is 5.75 Å². The second-order valence-electron chi connectivity index (χ2n) is 9.06. The minimum atomic E-state index is -0.497. The van der Waals surface area contributed by atoms with E-state index in [-0.39, 0.29) is 35.4 Å². The standard InChI is InChI=1S/C29H30ClFN2O4/c30-26-3-1-4-27(31)25(26)19-28(35)32-23-9-5-20(6-10-23)21-13-15-33(16-14-21)29(36)22-7-11-24(12-8-22)37-18-2-17-34/h1,3-12,21,34H,2,13-19H2,(H,32,35). The molecule has 8 heteroatoms. The number of rotatable bonds is 9. The van der Waals surface area contributed by atoms with Crippen molar-refractivity contribution in [3.05, 3.63) is 94.3 Å². The van der Waals surface area contributed by atoms with Crippen LogP contribution in [0.3, 0.4) is 0 Å². The first kappa shape index (κ1) is 26.6. The summed E-state index contributed by atoms with van der Waals surface area (Å²) in [5.41, 5.74) is 2.61. The molecular weight excluding hydrogens is 495 g/mol. The molecule has 1 saturated heterocycles. The SMILES string of the molecule is O=C(Cc1c(F)cccc1Cl)Nc1ccc(C2CCN(C(=O)c3ccc(OCCCO)cc3)CC2)cc1. The highest BCUT2D eigenvalue weighted by Gasteiger charge is 2.24. The fraction of sp³-hybridized carbons (Fsp3) is 0.310. The molecule has 2 N–H and O–H groups in total. The van der Waals surface area contributed by atoms with E-state index >= 15 is 0 Å². The number of halogens is 2. The Morgan fingerprint density at radius 3 is 2.38 bits per heavy atom. The van der Waals surface area contributed by atoms with Crippen LogP contribution in [0.4, 0.5) is 10.1 Å². The Balaban J connectivity index is 1.26. The number of hydrogen-bond donors (Lipinski definition) is 2. The van der Waals surface area contributed by atoms with E-state index in [9.17, 15) is 14.0 Å². The zero-order valence-electron chi connectivity index (χ0n) is 20.5. The third kappa shape index (κ3) is 7.08. The van der Waals surface area contributed by atoms with Crippen molar-refractivity contribution in [2.45, 2.75) is 31.6 Å². The smallest absolute Gasteiger partial charge is 0.253 e. The minimum absolute atomic E-state index is 0.00775. The number of aliphatic hydroxyl groups is 1. The highest BCUT2D eigenvalue weighted by molar-refractivity contribution is 6.31. The molecule has 1 aliphatic heterocycles. The summed E-state index contributed by atoms with van der Waals surface area (Å²) in [6, 6.07) is 19.1. The van der Waals surface area contributed by atoms with E-state index in [0.717, 1.165) is 18.4 Å². The molecule has 0 bridgehead atoms. The van der Waals surface area contributed by atoms with E-state index in [2.05, 4.69) is 5.32 Å². The second-order valence-corrected chi connectivity index (χ2v) is 9.47. The summed E-state index contributed by atoms with van der Waals surface area (Å²) in [4.78, 5) is 27.2. The van der Waals surface area contributed by atoms with Gasteiger partial charge in [-0.25, -0.2) is 4.39 Å². The van der Waals surface area contributed by atoms with Gasteiger partial charge in [0.25, 0.3) is 5.91 Å². The van der Waals surface area contributed by atoms with Gasteiger partial charge in [-0.05, 0) is 72.9 Å². The number of aliphatic hydroxyl groups excluding tert-OH is 1. The molecule has 6 nitrogen and oxygen atoms in total. The molecule has 2 amide bonds. The molecule has 0 atom stereocenters. The molecule has 0 radical (unpaired) electrons. The summed E-state index contributed by atoms with van der Waals surface area (Å²) in [5, 5.41) is 11.9. The van der Waals surface area contributed by atoms with Crippen LogP contribution in [0.25, 0.3) is 0 Å². The van der Waals surface area contributed by atoms with Gasteiger partial charge >= 0.3 is 0 Å². The quantitative estimate of drug-likeness (QED) is 0.365. The lowest BCUT2D eigenvalue weighted by molar-refractivity contribution is -0.115. The fourth-order valence-corrected chi connectivity index (χ4v) is 4.68. The van der Waals surface area contributed by atoms with E-state index in [4.69, 9.17) is 21.4 Å². The van der Waals surface area contributed by atoms with Crippen molar-refractivity contribution >= 4 is 29.1 Å². The van der Waals surface area contributed by atoms with Crippen LogP contribution in [-0.4, -0.2) is 48.1 Å². The average molecular weight is 525 g/mol. The minimum Gasteiger partial charge on any atom is -0.494 e. The van der Waals surface area contributed by atoms with Crippen LogP contribution >= 0.6 is 11.6 Å². The molecule has 0 aliphatic carbocycles. The summed E-state index contributed by atoms with van der Waals surface area (Å²) >= 11 is 6.02. The van der Waals surface area contributed by atoms with Crippen LogP contribution in [0, 0.1) is 5.82 Å². The Labute approximate surface area is 221 Å². The van der Waals surface area contributed by atoms with Crippen molar-refractivity contribution in [2.24, 2.45) is 0 Å². The monoisotopic (exact) mass is 524 g/mol. The molecule has 3 aromatic rings. The third-order valence-electron chi connectivity index (χ3n) is 6.52. The lowest BCUT2D eigenvalue weighted by atomic mass is 9.89. The van der Waals surface area contributed by atoms with Gasteiger partial charge in [0.15, 0.2) is 0 Å². The lowest BCUT2D eigenvalue weighted by Gasteiger charge is -2.32. The Morgan fingerprint density at radius 1 is 1.03 bits per heavy atom. The predicted octanol–water partition coefficient (Wildman–Crippen LogP) is 5.44. The van der Waals surface area contributed by atoms with Gasteiger partial charge in [-0.2, -0.15) is 0 Å². The number of amides is 2. The van der Waals surface area contributed by atoms with E-state index in [1.807, 2.05) is 29.2 Å². The number of piperidine rings is 1. The normalized spacial score (nSPS) is 13.9. The Morgan fingerprint density at radius 2 is 1.73 bits per heavy atom. The van der Waals surface area contributed by atoms with Crippen molar-refractivity contribution in [3.63, 3.8) is 0 Å². The molecule has 1 heterocycles. The Bertz CT molecular complexity index is 1190. The Kier molecular flexibility index (Phi) is 9.14. The molecule has 0 saturated carbocycles. The van der Waals surface area contributed by atoms with E-state index in [0.29, 0.717) is 49.0 Å². The molecule has 194 valence electrons. The highest BCUT2D eigenvalue weighted by atomic mass is 35.5. The summed E-state index contributed by atoms with van der Waals surface area (Å²) < 4.78 is 19.5. The van der Waals surface area contributed by atoms with Gasteiger partial charge in [-0.3, -0.25) is 9.59 Å². The number of benzene rings is 3. The van der Waals surface area contributed by atoms with Crippen LogP contribution in [0.5, 0.6) is 5.75 Å². The second kappa shape index (κ2) is 12.7. The summed E-state index contributed by atoms with van der Waals surface area (Å²) in [6.45, 7) is 1.85. The highest BCUT2D eigenvalue weighted by Crippen LogP contribution is 2.30. The third-order valence-corrected chi connectivity index (χ3v) is 6.87. The first-order valence-electron chi connectivity index (χ1n) is 12.4. The largest absolute Gasteiger partial charge is 0.494 e. The predicted molar refractivity (Wildman–Crippen MR) is 142 cm³/mol. The first-order valence-corrected chi connectivity index (χ1v) is 12.8. The maximum Gasteiger partial charge on any atom is 0.253 e. The number of anilines is 1. The van der Waals surface area contributed by atoms with Gasteiger partial charge in [0.1, 0.15) is 11.6 Å². The van der Waals surface area contributed by atoms with Gasteiger partial charge in [0.05, 0.1) is 13.0 Å². The summed E-state index contributed by atoms with van der Waals surface area (Å²) in [7, 11) is 0. The zero-order chi connectivity index (χ0) is 26.2. The van der Waals surface area contributed by atoms with Crippen LogP contribution in [-0.2, 0) is 11.2 Å². The van der Waals surface area contributed by atoms with Gasteiger partial charge in [0.2, 0.25) is 5.91 Å². The van der Waals surface area contributed by atoms with E-state index < -0.39 is 5.82 Å². The fourth-order valence-electron chi connectivity index (χ4n) is 4.45.